The van der Waals surface area contributed by atoms with E-state index in [4.69, 9.17) is 4.74 Å². The molecule has 1 saturated heterocycles. The molecule has 1 N–H and O–H groups in total. The Labute approximate surface area is 139 Å². The summed E-state index contributed by atoms with van der Waals surface area (Å²) < 4.78 is 5.46. The average Bonchev–Trinajstić information content (AvgIpc) is 2.88. The fourth-order valence-electron chi connectivity index (χ4n) is 3.21. The van der Waals surface area contributed by atoms with Crippen LogP contribution in [0.1, 0.15) is 53.0 Å². The van der Waals surface area contributed by atoms with Crippen LogP contribution < -0.4 is 5.32 Å². The SMILES string of the molecule is CC.CC(C)(C)OC(=O)N1CCC2(CC1)CNc1ncccc12. The van der Waals surface area contributed by atoms with Gasteiger partial charge in [-0.05, 0) is 39.7 Å². The first-order valence-corrected chi connectivity index (χ1v) is 8.57. The summed E-state index contributed by atoms with van der Waals surface area (Å²) in [6.45, 7) is 12.1. The molecule has 5 nitrogen and oxygen atoms in total. The molecule has 1 fully saturated rings. The lowest BCUT2D eigenvalue weighted by atomic mass is 9.75. The number of amides is 1. The molecule has 0 aromatic carbocycles. The van der Waals surface area contributed by atoms with Crippen LogP contribution in [0.25, 0.3) is 0 Å². The van der Waals surface area contributed by atoms with Crippen molar-refractivity contribution >= 4 is 11.9 Å². The molecule has 0 saturated carbocycles. The molecule has 2 aliphatic heterocycles. The predicted molar refractivity (Wildman–Crippen MR) is 92.8 cm³/mol. The molecule has 23 heavy (non-hydrogen) atoms. The molecular weight excluding hydrogens is 290 g/mol. The summed E-state index contributed by atoms with van der Waals surface area (Å²) in [4.78, 5) is 18.4. The van der Waals surface area contributed by atoms with Crippen LogP contribution in [0.4, 0.5) is 10.6 Å². The second-order valence-electron chi connectivity index (χ2n) is 7.00. The van der Waals surface area contributed by atoms with Gasteiger partial charge in [0.15, 0.2) is 0 Å². The molecule has 3 rings (SSSR count). The maximum Gasteiger partial charge on any atom is 0.410 e. The molecule has 0 radical (unpaired) electrons. The van der Waals surface area contributed by atoms with Gasteiger partial charge in [0.25, 0.3) is 0 Å². The number of nitrogens with one attached hydrogen (secondary N) is 1. The molecule has 1 amide bonds. The summed E-state index contributed by atoms with van der Waals surface area (Å²) in [5.41, 5.74) is 0.994. The molecule has 5 heteroatoms. The molecule has 1 spiro atoms. The number of carbonyl (C=O) groups is 1. The third-order valence-corrected chi connectivity index (χ3v) is 4.35. The van der Waals surface area contributed by atoms with Crippen molar-refractivity contribution in [1.82, 2.24) is 9.88 Å². The second-order valence-corrected chi connectivity index (χ2v) is 7.00. The molecule has 0 bridgehead atoms. The number of aromatic nitrogens is 1. The Kier molecular flexibility index (Phi) is 5.17. The number of hydrogen-bond donors (Lipinski definition) is 1. The Morgan fingerprint density at radius 2 is 1.96 bits per heavy atom. The van der Waals surface area contributed by atoms with Gasteiger partial charge in [-0.25, -0.2) is 9.78 Å². The van der Waals surface area contributed by atoms with Gasteiger partial charge in [0, 0.05) is 36.8 Å². The van der Waals surface area contributed by atoms with E-state index in [2.05, 4.69) is 16.4 Å². The predicted octanol–water partition coefficient (Wildman–Crippen LogP) is 3.80. The van der Waals surface area contributed by atoms with Crippen LogP contribution >= 0.6 is 0 Å². The molecule has 128 valence electrons. The van der Waals surface area contributed by atoms with Gasteiger partial charge < -0.3 is 15.0 Å². The highest BCUT2D eigenvalue weighted by molar-refractivity contribution is 5.68. The van der Waals surface area contributed by atoms with Crippen molar-refractivity contribution in [2.24, 2.45) is 0 Å². The highest BCUT2D eigenvalue weighted by Gasteiger charge is 2.43. The number of pyridine rings is 1. The molecule has 0 atom stereocenters. The van der Waals surface area contributed by atoms with Gasteiger partial charge in [0.1, 0.15) is 11.4 Å². The van der Waals surface area contributed by atoms with Crippen molar-refractivity contribution in [3.63, 3.8) is 0 Å². The smallest absolute Gasteiger partial charge is 0.410 e. The Morgan fingerprint density at radius 3 is 2.57 bits per heavy atom. The summed E-state index contributed by atoms with van der Waals surface area (Å²) in [6, 6.07) is 4.15. The number of fused-ring (bicyclic) bond motifs is 2. The monoisotopic (exact) mass is 319 g/mol. The zero-order valence-electron chi connectivity index (χ0n) is 15.0. The number of ether oxygens (including phenoxy) is 1. The minimum absolute atomic E-state index is 0.127. The number of piperidine rings is 1. The van der Waals surface area contributed by atoms with Crippen molar-refractivity contribution < 1.29 is 9.53 Å². The van der Waals surface area contributed by atoms with E-state index in [1.807, 2.05) is 51.8 Å². The van der Waals surface area contributed by atoms with Gasteiger partial charge in [-0.1, -0.05) is 19.9 Å². The molecule has 0 aliphatic carbocycles. The van der Waals surface area contributed by atoms with Crippen LogP contribution in [0.3, 0.4) is 0 Å². The van der Waals surface area contributed by atoms with Gasteiger partial charge in [-0.3, -0.25) is 0 Å². The standard InChI is InChI=1S/C16H23N3O2.C2H6/c1-15(2,3)21-14(20)19-9-6-16(7-10-19)11-18-13-12(16)5-4-8-17-13;1-2/h4-5,8H,6-7,9-11H2,1-3H3,(H,17,18);1-2H3. The van der Waals surface area contributed by atoms with E-state index in [1.54, 1.807) is 0 Å². The Morgan fingerprint density at radius 1 is 1.30 bits per heavy atom. The minimum atomic E-state index is -0.433. The molecule has 3 heterocycles. The van der Waals surface area contributed by atoms with E-state index >= 15 is 0 Å². The quantitative estimate of drug-likeness (QED) is 0.790. The average molecular weight is 319 g/mol. The highest BCUT2D eigenvalue weighted by atomic mass is 16.6. The normalized spacial score (nSPS) is 18.6. The van der Waals surface area contributed by atoms with E-state index in [0.717, 1.165) is 38.3 Å². The van der Waals surface area contributed by atoms with Gasteiger partial charge in [-0.15, -0.1) is 0 Å². The van der Waals surface area contributed by atoms with Crippen molar-refractivity contribution in [1.29, 1.82) is 0 Å². The maximum absolute atomic E-state index is 12.1. The van der Waals surface area contributed by atoms with E-state index in [-0.39, 0.29) is 11.5 Å². The first kappa shape index (κ1) is 17.6. The van der Waals surface area contributed by atoms with Crippen molar-refractivity contribution in [2.75, 3.05) is 25.0 Å². The summed E-state index contributed by atoms with van der Waals surface area (Å²) in [5.74, 6) is 1.00. The van der Waals surface area contributed by atoms with Gasteiger partial charge in [0.2, 0.25) is 0 Å². The summed E-state index contributed by atoms with van der Waals surface area (Å²) >= 11 is 0. The third kappa shape index (κ3) is 3.77. The van der Waals surface area contributed by atoms with E-state index < -0.39 is 5.60 Å². The molecule has 0 unspecified atom stereocenters. The van der Waals surface area contributed by atoms with E-state index in [9.17, 15) is 4.79 Å². The van der Waals surface area contributed by atoms with E-state index in [0.29, 0.717) is 0 Å². The minimum Gasteiger partial charge on any atom is -0.444 e. The zero-order chi connectivity index (χ0) is 17.1. The molecular formula is C18H29N3O2. The lowest BCUT2D eigenvalue weighted by Gasteiger charge is -2.39. The number of anilines is 1. The fourth-order valence-corrected chi connectivity index (χ4v) is 3.21. The highest BCUT2D eigenvalue weighted by Crippen LogP contribution is 2.42. The van der Waals surface area contributed by atoms with Crippen LogP contribution in [0.2, 0.25) is 0 Å². The maximum atomic E-state index is 12.1. The summed E-state index contributed by atoms with van der Waals surface area (Å²) in [6.07, 6.45) is 3.53. The third-order valence-electron chi connectivity index (χ3n) is 4.35. The first-order valence-electron chi connectivity index (χ1n) is 8.57. The number of rotatable bonds is 0. The summed E-state index contributed by atoms with van der Waals surface area (Å²) in [5, 5.41) is 3.40. The largest absolute Gasteiger partial charge is 0.444 e. The van der Waals surface area contributed by atoms with Crippen LogP contribution in [-0.2, 0) is 10.2 Å². The second kappa shape index (κ2) is 6.77. The number of likely N-dealkylation sites (tertiary alicyclic amines) is 1. The van der Waals surface area contributed by atoms with Gasteiger partial charge >= 0.3 is 6.09 Å². The van der Waals surface area contributed by atoms with Crippen molar-refractivity contribution in [3.8, 4) is 0 Å². The molecule has 1 aromatic rings. The van der Waals surface area contributed by atoms with Crippen molar-refractivity contribution in [2.45, 2.75) is 58.5 Å². The Balaban J connectivity index is 0.000000924. The first-order chi connectivity index (χ1) is 10.9. The van der Waals surface area contributed by atoms with Crippen LogP contribution in [0.5, 0.6) is 0 Å². The number of hydrogen-bond acceptors (Lipinski definition) is 4. The molecule has 2 aliphatic rings. The van der Waals surface area contributed by atoms with E-state index in [1.165, 1.54) is 5.56 Å². The lowest BCUT2D eigenvalue weighted by Crippen LogP contribution is -2.47. The van der Waals surface area contributed by atoms with Crippen LogP contribution in [0, 0.1) is 0 Å². The van der Waals surface area contributed by atoms with Crippen LogP contribution in [0.15, 0.2) is 18.3 Å². The Bertz CT molecular complexity index is 543. The Hall–Kier alpha value is -1.78. The fraction of sp³-hybridized carbons (Fsp3) is 0.667. The summed E-state index contributed by atoms with van der Waals surface area (Å²) in [7, 11) is 0. The number of carbonyl (C=O) groups excluding carboxylic acids is 1. The topological polar surface area (TPSA) is 54.5 Å². The van der Waals surface area contributed by atoms with Crippen LogP contribution in [-0.4, -0.2) is 41.2 Å². The molecule has 1 aromatic heterocycles. The van der Waals surface area contributed by atoms with Crippen molar-refractivity contribution in [3.05, 3.63) is 23.9 Å². The van der Waals surface area contributed by atoms with Gasteiger partial charge in [-0.2, -0.15) is 0 Å². The van der Waals surface area contributed by atoms with Gasteiger partial charge in [0.05, 0.1) is 0 Å². The zero-order valence-corrected chi connectivity index (χ0v) is 15.0. The number of nitrogens with zero attached hydrogens (tertiary/aromatic N) is 2. The lowest BCUT2D eigenvalue weighted by molar-refractivity contribution is 0.0172.